The first-order chi connectivity index (χ1) is 14.2. The normalized spacial score (nSPS) is 12.3. The fourth-order valence-electron chi connectivity index (χ4n) is 3.21. The van der Waals surface area contributed by atoms with Gasteiger partial charge in [0.05, 0.1) is 11.4 Å². The van der Waals surface area contributed by atoms with Crippen LogP contribution < -0.4 is 4.43 Å². The van der Waals surface area contributed by atoms with Crippen molar-refractivity contribution in [3.63, 3.8) is 0 Å². The van der Waals surface area contributed by atoms with Crippen LogP contribution in [0.1, 0.15) is 32.0 Å². The first-order valence-electron chi connectivity index (χ1n) is 10.4. The van der Waals surface area contributed by atoms with Crippen LogP contribution in [0.3, 0.4) is 0 Å². The first-order valence-corrected chi connectivity index (χ1v) is 13.3. The number of fused-ring (bicyclic) bond motifs is 1. The molecule has 154 valence electrons. The monoisotopic (exact) mass is 415 g/mol. The molecule has 0 saturated heterocycles. The van der Waals surface area contributed by atoms with Crippen molar-refractivity contribution in [2.75, 3.05) is 0 Å². The molecule has 0 spiro atoms. The Morgan fingerprint density at radius 2 is 1.77 bits per heavy atom. The molecule has 0 saturated carbocycles. The van der Waals surface area contributed by atoms with E-state index in [0.29, 0.717) is 0 Å². The molecule has 5 heteroatoms. The van der Waals surface area contributed by atoms with Gasteiger partial charge in [-0.25, -0.2) is 9.97 Å². The Bertz CT molecular complexity index is 1160. The SMILES string of the molecule is CC(C)(C)[Si](C)(C)Oc1cccc(-c2cn3ccnc3c(Cc3ccccc3)n2)c1. The molecular weight excluding hydrogens is 386 g/mol. The topological polar surface area (TPSA) is 39.4 Å². The Morgan fingerprint density at radius 3 is 2.50 bits per heavy atom. The minimum atomic E-state index is -1.90. The van der Waals surface area contributed by atoms with Crippen LogP contribution in [-0.2, 0) is 6.42 Å². The fraction of sp³-hybridized carbons (Fsp3) is 0.280. The van der Waals surface area contributed by atoms with Crippen molar-refractivity contribution in [3.05, 3.63) is 84.4 Å². The van der Waals surface area contributed by atoms with Gasteiger partial charge in [0.1, 0.15) is 5.75 Å². The van der Waals surface area contributed by atoms with E-state index in [-0.39, 0.29) is 5.04 Å². The Kier molecular flexibility index (Phi) is 5.24. The molecule has 0 bridgehead atoms. The highest BCUT2D eigenvalue weighted by molar-refractivity contribution is 6.74. The van der Waals surface area contributed by atoms with Crippen LogP contribution >= 0.6 is 0 Å². The third-order valence-electron chi connectivity index (χ3n) is 5.97. The van der Waals surface area contributed by atoms with E-state index in [1.165, 1.54) is 5.56 Å². The number of imidazole rings is 1. The largest absolute Gasteiger partial charge is 0.543 e. The third-order valence-corrected chi connectivity index (χ3v) is 10.3. The molecule has 4 nitrogen and oxygen atoms in total. The second-order valence-corrected chi connectivity index (χ2v) is 14.0. The zero-order valence-electron chi connectivity index (χ0n) is 18.4. The second-order valence-electron chi connectivity index (χ2n) is 9.28. The van der Waals surface area contributed by atoms with E-state index in [1.54, 1.807) is 0 Å². The molecule has 2 heterocycles. The smallest absolute Gasteiger partial charge is 0.250 e. The van der Waals surface area contributed by atoms with E-state index in [0.717, 1.165) is 34.8 Å². The highest BCUT2D eigenvalue weighted by Gasteiger charge is 2.39. The van der Waals surface area contributed by atoms with Gasteiger partial charge in [-0.15, -0.1) is 0 Å². The summed E-state index contributed by atoms with van der Waals surface area (Å²) in [6, 6.07) is 18.7. The van der Waals surface area contributed by atoms with Gasteiger partial charge in [0, 0.05) is 30.6 Å². The molecule has 0 N–H and O–H groups in total. The van der Waals surface area contributed by atoms with Crippen molar-refractivity contribution in [1.29, 1.82) is 0 Å². The maximum absolute atomic E-state index is 6.52. The zero-order valence-corrected chi connectivity index (χ0v) is 19.4. The van der Waals surface area contributed by atoms with E-state index in [9.17, 15) is 0 Å². The van der Waals surface area contributed by atoms with Gasteiger partial charge in [-0.3, -0.25) is 0 Å². The molecular formula is C25H29N3OSi. The lowest BCUT2D eigenvalue weighted by Crippen LogP contribution is -2.43. The molecule has 0 aliphatic rings. The molecule has 0 fully saturated rings. The summed E-state index contributed by atoms with van der Waals surface area (Å²) in [5, 5.41) is 0.153. The van der Waals surface area contributed by atoms with Crippen molar-refractivity contribution < 1.29 is 4.43 Å². The van der Waals surface area contributed by atoms with Gasteiger partial charge in [-0.1, -0.05) is 63.2 Å². The van der Waals surface area contributed by atoms with Crippen LogP contribution in [-0.4, -0.2) is 22.7 Å². The van der Waals surface area contributed by atoms with Gasteiger partial charge in [0.15, 0.2) is 5.65 Å². The standard InChI is InChI=1S/C25H29N3OSi/c1-25(2,3)30(4,5)29-21-13-9-12-20(17-21)23-18-28-15-14-26-24(28)22(27-23)16-19-10-7-6-8-11-19/h6-15,17-18H,16H2,1-5H3. The Morgan fingerprint density at radius 1 is 1.00 bits per heavy atom. The van der Waals surface area contributed by atoms with E-state index < -0.39 is 8.32 Å². The second kappa shape index (κ2) is 7.72. The van der Waals surface area contributed by atoms with Gasteiger partial charge in [-0.05, 0) is 35.8 Å². The van der Waals surface area contributed by atoms with Gasteiger partial charge < -0.3 is 8.83 Å². The molecule has 0 atom stereocenters. The lowest BCUT2D eigenvalue weighted by Gasteiger charge is -2.36. The lowest BCUT2D eigenvalue weighted by atomic mass is 10.1. The molecule has 0 aliphatic carbocycles. The quantitative estimate of drug-likeness (QED) is 0.355. The Labute approximate surface area is 179 Å². The maximum atomic E-state index is 6.52. The molecule has 0 amide bonds. The third kappa shape index (κ3) is 4.17. The minimum Gasteiger partial charge on any atom is -0.543 e. The van der Waals surface area contributed by atoms with Crippen molar-refractivity contribution in [1.82, 2.24) is 14.4 Å². The van der Waals surface area contributed by atoms with Crippen molar-refractivity contribution >= 4 is 14.0 Å². The molecule has 0 radical (unpaired) electrons. The Balaban J connectivity index is 1.72. The highest BCUT2D eigenvalue weighted by Crippen LogP contribution is 2.38. The molecule has 0 unspecified atom stereocenters. The summed E-state index contributed by atoms with van der Waals surface area (Å²) in [5.74, 6) is 0.913. The van der Waals surface area contributed by atoms with Gasteiger partial charge >= 0.3 is 0 Å². The summed E-state index contributed by atoms with van der Waals surface area (Å²) >= 11 is 0. The molecule has 2 aromatic carbocycles. The van der Waals surface area contributed by atoms with Crippen LogP contribution in [0, 0.1) is 0 Å². The summed E-state index contributed by atoms with van der Waals surface area (Å²) in [7, 11) is -1.90. The van der Waals surface area contributed by atoms with E-state index in [2.05, 4.69) is 85.7 Å². The van der Waals surface area contributed by atoms with Crippen LogP contribution in [0.15, 0.2) is 73.2 Å². The predicted octanol–water partition coefficient (Wildman–Crippen LogP) is 6.37. The molecule has 2 aromatic heterocycles. The lowest BCUT2D eigenvalue weighted by molar-refractivity contribution is 0.492. The number of hydrogen-bond acceptors (Lipinski definition) is 3. The summed E-state index contributed by atoms with van der Waals surface area (Å²) in [6.45, 7) is 11.3. The summed E-state index contributed by atoms with van der Waals surface area (Å²) in [4.78, 5) is 9.52. The van der Waals surface area contributed by atoms with Crippen LogP contribution in [0.4, 0.5) is 0 Å². The minimum absolute atomic E-state index is 0.153. The van der Waals surface area contributed by atoms with Crippen molar-refractivity contribution in [3.8, 4) is 17.0 Å². The average molecular weight is 416 g/mol. The van der Waals surface area contributed by atoms with E-state index in [1.807, 2.05) is 30.7 Å². The highest BCUT2D eigenvalue weighted by atomic mass is 28.4. The number of hydrogen-bond donors (Lipinski definition) is 0. The first kappa shape index (κ1) is 20.4. The van der Waals surface area contributed by atoms with Crippen molar-refractivity contribution in [2.24, 2.45) is 0 Å². The summed E-state index contributed by atoms with van der Waals surface area (Å²) in [6.07, 6.45) is 6.59. The van der Waals surface area contributed by atoms with E-state index >= 15 is 0 Å². The number of aromatic nitrogens is 3. The van der Waals surface area contributed by atoms with E-state index in [4.69, 9.17) is 9.41 Å². The fourth-order valence-corrected chi connectivity index (χ4v) is 4.23. The molecule has 4 aromatic rings. The average Bonchev–Trinajstić information content (AvgIpc) is 3.17. The van der Waals surface area contributed by atoms with Crippen molar-refractivity contribution in [2.45, 2.75) is 45.3 Å². The number of nitrogens with zero attached hydrogens (tertiary/aromatic N) is 3. The Hall–Kier alpha value is -2.92. The van der Waals surface area contributed by atoms with Crippen LogP contribution in [0.2, 0.25) is 18.1 Å². The number of benzene rings is 2. The number of rotatable bonds is 5. The van der Waals surface area contributed by atoms with Gasteiger partial charge in [0.25, 0.3) is 0 Å². The maximum Gasteiger partial charge on any atom is 0.250 e. The van der Waals surface area contributed by atoms with Crippen LogP contribution in [0.5, 0.6) is 5.75 Å². The molecule has 4 rings (SSSR count). The van der Waals surface area contributed by atoms with Gasteiger partial charge in [-0.2, -0.15) is 0 Å². The van der Waals surface area contributed by atoms with Gasteiger partial charge in [0.2, 0.25) is 8.32 Å². The summed E-state index contributed by atoms with van der Waals surface area (Å²) in [5.41, 5.74) is 5.07. The molecule has 30 heavy (non-hydrogen) atoms. The van der Waals surface area contributed by atoms with Crippen LogP contribution in [0.25, 0.3) is 16.9 Å². The molecule has 0 aliphatic heterocycles. The predicted molar refractivity (Wildman–Crippen MR) is 125 cm³/mol. The zero-order chi connectivity index (χ0) is 21.4. The summed E-state index contributed by atoms with van der Waals surface area (Å²) < 4.78 is 8.58.